The summed E-state index contributed by atoms with van der Waals surface area (Å²) in [6.07, 6.45) is -0.613. The summed E-state index contributed by atoms with van der Waals surface area (Å²) in [5, 5.41) is 9.28. The van der Waals surface area contributed by atoms with Crippen LogP contribution in [0.4, 0.5) is 19.6 Å². The van der Waals surface area contributed by atoms with Crippen LogP contribution in [0.15, 0.2) is 36.4 Å². The number of fused-ring (bicyclic) bond motifs is 2. The van der Waals surface area contributed by atoms with Crippen LogP contribution in [0, 0.1) is 11.6 Å². The molecule has 1 amide bonds. The van der Waals surface area contributed by atoms with E-state index in [1.54, 1.807) is 0 Å². The van der Waals surface area contributed by atoms with Gasteiger partial charge in [-0.05, 0) is 31.2 Å². The first-order chi connectivity index (χ1) is 12.8. The van der Waals surface area contributed by atoms with Gasteiger partial charge in [-0.15, -0.1) is 0 Å². The summed E-state index contributed by atoms with van der Waals surface area (Å²) in [5.74, 6) is -3.18. The Bertz CT molecular complexity index is 1100. The van der Waals surface area contributed by atoms with Gasteiger partial charge in [0.2, 0.25) is 0 Å². The van der Waals surface area contributed by atoms with Crippen LogP contribution in [-0.2, 0) is 9.59 Å². The second-order valence-corrected chi connectivity index (χ2v) is 7.25. The number of aromatic nitrogens is 1. The Morgan fingerprint density at radius 1 is 1.33 bits per heavy atom. The lowest BCUT2D eigenvalue weighted by Crippen LogP contribution is -2.54. The number of carboxylic acid groups (broad SMARTS) is 1. The number of ether oxygens (including phenoxy) is 1. The van der Waals surface area contributed by atoms with Crippen LogP contribution in [0.25, 0.3) is 10.2 Å². The van der Waals surface area contributed by atoms with Gasteiger partial charge >= 0.3 is 5.97 Å². The Labute approximate surface area is 155 Å². The molecule has 1 aliphatic heterocycles. The molecule has 138 valence electrons. The number of hydrogen-bond donors (Lipinski definition) is 1. The minimum absolute atomic E-state index is 0.0313. The van der Waals surface area contributed by atoms with Crippen molar-refractivity contribution in [1.29, 1.82) is 0 Å². The number of carbonyl (C=O) groups excluding carboxylic acids is 1. The SMILES string of the molecule is CC1(CC(=O)O)Oc2cccc(F)c2N(c2nc3cc(F)ccc3s2)C1=O. The third-order valence-electron chi connectivity index (χ3n) is 4.18. The van der Waals surface area contributed by atoms with Crippen molar-refractivity contribution in [2.45, 2.75) is 18.9 Å². The van der Waals surface area contributed by atoms with E-state index in [2.05, 4.69) is 4.98 Å². The fraction of sp³-hybridized carbons (Fsp3) is 0.167. The standard InChI is InChI=1S/C18H12F2N2O4S/c1-18(8-14(23)24)16(25)22(15-10(20)3-2-4-12(15)26-18)17-21-11-7-9(19)5-6-13(11)27-17/h2-7H,8H2,1H3,(H,23,24). The first kappa shape index (κ1) is 17.3. The van der Waals surface area contributed by atoms with Crippen LogP contribution in [0.2, 0.25) is 0 Å². The summed E-state index contributed by atoms with van der Waals surface area (Å²) in [4.78, 5) is 29.6. The summed E-state index contributed by atoms with van der Waals surface area (Å²) in [6, 6.07) is 7.99. The Hall–Kier alpha value is -3.07. The van der Waals surface area contributed by atoms with Crippen molar-refractivity contribution in [3.63, 3.8) is 0 Å². The summed E-state index contributed by atoms with van der Waals surface area (Å²) in [6.45, 7) is 1.33. The molecule has 3 aromatic rings. The predicted octanol–water partition coefficient (Wildman–Crippen LogP) is 3.87. The van der Waals surface area contributed by atoms with Crippen molar-refractivity contribution in [3.05, 3.63) is 48.0 Å². The molecule has 1 aliphatic rings. The number of carboxylic acids is 1. The predicted molar refractivity (Wildman–Crippen MR) is 94.4 cm³/mol. The van der Waals surface area contributed by atoms with Gasteiger partial charge in [0.1, 0.15) is 17.3 Å². The van der Waals surface area contributed by atoms with E-state index in [9.17, 15) is 23.5 Å². The molecule has 0 fully saturated rings. The number of nitrogens with zero attached hydrogens (tertiary/aromatic N) is 2. The van der Waals surface area contributed by atoms with Gasteiger partial charge in [-0.2, -0.15) is 0 Å². The molecule has 0 aliphatic carbocycles. The number of rotatable bonds is 3. The normalized spacial score (nSPS) is 19.1. The molecule has 4 rings (SSSR count). The smallest absolute Gasteiger partial charge is 0.307 e. The zero-order valence-electron chi connectivity index (χ0n) is 13.9. The molecule has 0 saturated carbocycles. The second kappa shape index (κ2) is 5.98. The number of benzene rings is 2. The molecule has 0 bridgehead atoms. The quantitative estimate of drug-likeness (QED) is 0.735. The van der Waals surface area contributed by atoms with Crippen molar-refractivity contribution in [1.82, 2.24) is 4.98 Å². The highest BCUT2D eigenvalue weighted by Gasteiger charge is 2.48. The molecule has 0 saturated heterocycles. The summed E-state index contributed by atoms with van der Waals surface area (Å²) in [7, 11) is 0. The van der Waals surface area contributed by atoms with Gasteiger partial charge < -0.3 is 9.84 Å². The van der Waals surface area contributed by atoms with Crippen molar-refractivity contribution in [2.75, 3.05) is 4.90 Å². The van der Waals surface area contributed by atoms with Crippen LogP contribution in [-0.4, -0.2) is 27.6 Å². The van der Waals surface area contributed by atoms with Crippen LogP contribution in [0.3, 0.4) is 0 Å². The first-order valence-electron chi connectivity index (χ1n) is 7.88. The van der Waals surface area contributed by atoms with Crippen LogP contribution in [0.1, 0.15) is 13.3 Å². The van der Waals surface area contributed by atoms with Gasteiger partial charge in [-0.3, -0.25) is 9.59 Å². The Morgan fingerprint density at radius 3 is 2.85 bits per heavy atom. The van der Waals surface area contributed by atoms with Crippen LogP contribution in [0.5, 0.6) is 5.75 Å². The largest absolute Gasteiger partial charge is 0.481 e. The number of anilines is 2. The number of halogens is 2. The highest BCUT2D eigenvalue weighted by molar-refractivity contribution is 7.22. The van der Waals surface area contributed by atoms with Crippen molar-refractivity contribution < 1.29 is 28.2 Å². The lowest BCUT2D eigenvalue weighted by molar-refractivity contribution is -0.148. The van der Waals surface area contributed by atoms with Gasteiger partial charge in [0.05, 0.1) is 16.6 Å². The van der Waals surface area contributed by atoms with Gasteiger partial charge in [0.15, 0.2) is 16.5 Å². The highest BCUT2D eigenvalue weighted by Crippen LogP contribution is 2.46. The number of carbonyl (C=O) groups is 2. The van der Waals surface area contributed by atoms with Crippen molar-refractivity contribution in [3.8, 4) is 5.75 Å². The van der Waals surface area contributed by atoms with E-state index >= 15 is 0 Å². The van der Waals surface area contributed by atoms with E-state index in [4.69, 9.17) is 4.74 Å². The van der Waals surface area contributed by atoms with E-state index < -0.39 is 35.5 Å². The molecular weight excluding hydrogens is 378 g/mol. The zero-order chi connectivity index (χ0) is 19.3. The Balaban J connectivity index is 1.93. The fourth-order valence-electron chi connectivity index (χ4n) is 2.99. The number of hydrogen-bond acceptors (Lipinski definition) is 5. The Morgan fingerprint density at radius 2 is 2.11 bits per heavy atom. The highest BCUT2D eigenvalue weighted by atomic mass is 32.1. The molecule has 1 N–H and O–H groups in total. The lowest BCUT2D eigenvalue weighted by Gasteiger charge is -2.38. The summed E-state index contributed by atoms with van der Waals surface area (Å²) in [5.41, 5.74) is -1.58. The topological polar surface area (TPSA) is 79.7 Å². The van der Waals surface area contributed by atoms with Gasteiger partial charge in [0.25, 0.3) is 5.91 Å². The van der Waals surface area contributed by atoms with Crippen LogP contribution >= 0.6 is 11.3 Å². The number of amides is 1. The van der Waals surface area contributed by atoms with Crippen molar-refractivity contribution >= 4 is 44.2 Å². The minimum Gasteiger partial charge on any atom is -0.481 e. The van der Waals surface area contributed by atoms with E-state index in [0.717, 1.165) is 22.3 Å². The molecule has 1 atom stereocenters. The number of aliphatic carboxylic acids is 1. The summed E-state index contributed by atoms with van der Waals surface area (Å²) >= 11 is 1.07. The molecule has 2 heterocycles. The average molecular weight is 390 g/mol. The maximum absolute atomic E-state index is 14.5. The monoisotopic (exact) mass is 390 g/mol. The van der Waals surface area contributed by atoms with E-state index in [1.807, 2.05) is 0 Å². The number of para-hydroxylation sites is 1. The lowest BCUT2D eigenvalue weighted by atomic mass is 9.97. The van der Waals surface area contributed by atoms with Crippen LogP contribution < -0.4 is 9.64 Å². The van der Waals surface area contributed by atoms with E-state index in [0.29, 0.717) is 10.2 Å². The summed E-state index contributed by atoms with van der Waals surface area (Å²) < 4.78 is 34.2. The van der Waals surface area contributed by atoms with E-state index in [-0.39, 0.29) is 16.6 Å². The molecular formula is C18H12F2N2O4S. The maximum Gasteiger partial charge on any atom is 0.307 e. The zero-order valence-corrected chi connectivity index (χ0v) is 14.7. The average Bonchev–Trinajstić information content (AvgIpc) is 2.98. The first-order valence-corrected chi connectivity index (χ1v) is 8.70. The van der Waals surface area contributed by atoms with Gasteiger partial charge in [0, 0.05) is 6.07 Å². The third kappa shape index (κ3) is 2.80. The van der Waals surface area contributed by atoms with Gasteiger partial charge in [-0.25, -0.2) is 18.7 Å². The van der Waals surface area contributed by atoms with E-state index in [1.165, 1.54) is 37.3 Å². The molecule has 27 heavy (non-hydrogen) atoms. The molecule has 2 aromatic carbocycles. The molecule has 0 radical (unpaired) electrons. The molecule has 1 aromatic heterocycles. The molecule has 1 unspecified atom stereocenters. The number of thiazole rings is 1. The van der Waals surface area contributed by atoms with Crippen molar-refractivity contribution in [2.24, 2.45) is 0 Å². The fourth-order valence-corrected chi connectivity index (χ4v) is 3.94. The molecule has 9 heteroatoms. The second-order valence-electron chi connectivity index (χ2n) is 6.24. The minimum atomic E-state index is -1.74. The third-order valence-corrected chi connectivity index (χ3v) is 5.20. The Kier molecular flexibility index (Phi) is 3.84. The molecule has 0 spiro atoms. The van der Waals surface area contributed by atoms with Gasteiger partial charge in [-0.1, -0.05) is 17.4 Å². The maximum atomic E-state index is 14.5. The molecule has 6 nitrogen and oxygen atoms in total.